The molecule has 3 heterocycles. The molecule has 4 rings (SSSR count). The van der Waals surface area contributed by atoms with Crippen molar-refractivity contribution in [1.82, 2.24) is 14.5 Å². The lowest BCUT2D eigenvalue weighted by molar-refractivity contribution is 0.0675. The monoisotopic (exact) mass is 441 g/mol. The zero-order valence-electron chi connectivity index (χ0n) is 19.1. The zero-order chi connectivity index (χ0) is 22.7. The van der Waals surface area contributed by atoms with Gasteiger partial charge in [-0.25, -0.2) is 9.98 Å². The number of ether oxygens (including phenoxy) is 3. The summed E-state index contributed by atoms with van der Waals surface area (Å²) < 4.78 is 18.6. The number of hydrogen-bond donors (Lipinski definition) is 1. The van der Waals surface area contributed by atoms with Crippen molar-refractivity contribution in [2.45, 2.75) is 33.4 Å². The van der Waals surface area contributed by atoms with Gasteiger partial charge in [0.25, 0.3) is 5.56 Å². The maximum absolute atomic E-state index is 12.9. The molecule has 9 nitrogen and oxygen atoms in total. The van der Waals surface area contributed by atoms with E-state index in [0.29, 0.717) is 54.8 Å². The van der Waals surface area contributed by atoms with E-state index in [-0.39, 0.29) is 5.56 Å². The number of nitrogens with zero attached hydrogens (tertiary/aromatic N) is 4. The van der Waals surface area contributed by atoms with Gasteiger partial charge in [0.1, 0.15) is 0 Å². The quantitative estimate of drug-likeness (QED) is 0.737. The minimum absolute atomic E-state index is 0.161. The van der Waals surface area contributed by atoms with Gasteiger partial charge in [-0.05, 0) is 31.4 Å². The predicted octanol–water partition coefficient (Wildman–Crippen LogP) is 2.65. The number of guanidine groups is 1. The summed E-state index contributed by atoms with van der Waals surface area (Å²) in [6.45, 7) is 9.47. The zero-order valence-corrected chi connectivity index (χ0v) is 19.1. The number of aromatic nitrogens is 2. The van der Waals surface area contributed by atoms with Crippen LogP contribution in [0.5, 0.6) is 11.5 Å². The Kier molecular flexibility index (Phi) is 6.64. The van der Waals surface area contributed by atoms with E-state index in [1.165, 1.54) is 6.07 Å². The van der Waals surface area contributed by atoms with Crippen molar-refractivity contribution in [2.75, 3.05) is 45.3 Å². The van der Waals surface area contributed by atoms with Crippen LogP contribution in [0.4, 0.5) is 5.95 Å². The summed E-state index contributed by atoms with van der Waals surface area (Å²) in [6, 6.07) is 7.22. The number of rotatable bonds is 6. The fourth-order valence-electron chi connectivity index (χ4n) is 3.76. The van der Waals surface area contributed by atoms with E-state index in [0.717, 1.165) is 25.1 Å². The van der Waals surface area contributed by atoms with Crippen LogP contribution < -0.4 is 20.3 Å². The van der Waals surface area contributed by atoms with E-state index in [1.807, 2.05) is 25.1 Å². The highest BCUT2D eigenvalue weighted by Crippen LogP contribution is 2.34. The molecule has 1 fully saturated rings. The van der Waals surface area contributed by atoms with Crippen LogP contribution in [0.25, 0.3) is 0 Å². The molecule has 9 heteroatoms. The summed E-state index contributed by atoms with van der Waals surface area (Å²) in [4.78, 5) is 24.5. The second-order valence-corrected chi connectivity index (χ2v) is 8.42. The van der Waals surface area contributed by atoms with Crippen LogP contribution in [0.15, 0.2) is 34.1 Å². The molecule has 0 radical (unpaired) electrons. The van der Waals surface area contributed by atoms with Crippen LogP contribution in [0.1, 0.15) is 37.7 Å². The first kappa shape index (κ1) is 22.1. The summed E-state index contributed by atoms with van der Waals surface area (Å²) in [5, 5.41) is 3.24. The molecule has 0 amide bonds. The van der Waals surface area contributed by atoms with E-state index < -0.39 is 6.17 Å². The van der Waals surface area contributed by atoms with E-state index >= 15 is 0 Å². The normalized spacial score (nSPS) is 18.1. The molecule has 1 aromatic heterocycles. The van der Waals surface area contributed by atoms with Crippen LogP contribution in [-0.2, 0) is 4.74 Å². The molecule has 0 aliphatic carbocycles. The molecular formula is C23H31N5O4. The molecule has 2 aromatic rings. The fraction of sp³-hybridized carbons (Fsp3) is 0.522. The summed E-state index contributed by atoms with van der Waals surface area (Å²) in [7, 11) is 1.62. The van der Waals surface area contributed by atoms with Crippen molar-refractivity contribution in [1.29, 1.82) is 0 Å². The molecule has 32 heavy (non-hydrogen) atoms. The third-order valence-corrected chi connectivity index (χ3v) is 5.54. The van der Waals surface area contributed by atoms with Crippen LogP contribution in [0.2, 0.25) is 0 Å². The molecule has 0 unspecified atom stereocenters. The predicted molar refractivity (Wildman–Crippen MR) is 123 cm³/mol. The van der Waals surface area contributed by atoms with E-state index in [9.17, 15) is 4.79 Å². The molecule has 2 aliphatic rings. The minimum Gasteiger partial charge on any atom is -0.493 e. The third-order valence-electron chi connectivity index (χ3n) is 5.54. The number of hydrogen-bond acceptors (Lipinski definition) is 8. The van der Waals surface area contributed by atoms with E-state index in [4.69, 9.17) is 19.2 Å². The summed E-state index contributed by atoms with van der Waals surface area (Å²) in [5.74, 6) is 3.02. The van der Waals surface area contributed by atoms with E-state index in [2.05, 4.69) is 29.0 Å². The number of fused-ring (bicyclic) bond motifs is 1. The largest absolute Gasteiger partial charge is 0.493 e. The fourth-order valence-corrected chi connectivity index (χ4v) is 3.76. The van der Waals surface area contributed by atoms with Gasteiger partial charge in [0, 0.05) is 30.4 Å². The Bertz CT molecular complexity index is 1040. The smallest absolute Gasteiger partial charge is 0.257 e. The van der Waals surface area contributed by atoms with Gasteiger partial charge in [-0.15, -0.1) is 0 Å². The second-order valence-electron chi connectivity index (χ2n) is 8.42. The number of methoxy groups -OCH3 is 1. The van der Waals surface area contributed by atoms with Crippen molar-refractivity contribution < 1.29 is 14.2 Å². The van der Waals surface area contributed by atoms with Crippen LogP contribution in [0.3, 0.4) is 0 Å². The highest BCUT2D eigenvalue weighted by atomic mass is 16.5. The number of aliphatic imine (C=N–C) groups is 1. The Morgan fingerprint density at radius 2 is 2.00 bits per heavy atom. The highest BCUT2D eigenvalue weighted by molar-refractivity contribution is 5.93. The maximum atomic E-state index is 12.9. The lowest BCUT2D eigenvalue weighted by atomic mass is 10.1. The Hall–Kier alpha value is -3.07. The topological polar surface area (TPSA) is 90.2 Å². The van der Waals surface area contributed by atoms with Crippen molar-refractivity contribution in [2.24, 2.45) is 10.9 Å². The van der Waals surface area contributed by atoms with Crippen molar-refractivity contribution >= 4 is 11.9 Å². The van der Waals surface area contributed by atoms with Gasteiger partial charge in [0.05, 0.1) is 26.9 Å². The van der Waals surface area contributed by atoms with Crippen LogP contribution in [0, 0.1) is 12.8 Å². The molecule has 1 atom stereocenters. The lowest BCUT2D eigenvalue weighted by Crippen LogP contribution is -2.47. The number of aryl methyl sites for hydroxylation is 1. The average molecular weight is 442 g/mol. The molecule has 0 bridgehead atoms. The third kappa shape index (κ3) is 4.72. The first-order valence-corrected chi connectivity index (χ1v) is 11.0. The Morgan fingerprint density at radius 3 is 2.72 bits per heavy atom. The first-order valence-electron chi connectivity index (χ1n) is 11.0. The molecule has 0 saturated carbocycles. The molecule has 172 valence electrons. The molecule has 1 saturated heterocycles. The van der Waals surface area contributed by atoms with E-state index in [1.54, 1.807) is 11.7 Å². The van der Waals surface area contributed by atoms with Crippen LogP contribution in [-0.4, -0.2) is 60.4 Å². The van der Waals surface area contributed by atoms with Gasteiger partial charge >= 0.3 is 0 Å². The van der Waals surface area contributed by atoms with Crippen molar-refractivity contribution in [3.8, 4) is 11.5 Å². The first-order chi connectivity index (χ1) is 15.5. The standard InChI is InChI=1S/C23H31N5O4/c1-15(2)7-10-32-18-6-5-17(14-19(18)30-4)21-25-22(27-8-11-31-12-9-27)26-23-24-16(3)13-20(29)28(21)23/h5-6,13-15,21H,7-12H2,1-4H3,(H,24,25,26)/t21-/m0/s1. The van der Waals surface area contributed by atoms with Gasteiger partial charge in [-0.2, -0.15) is 0 Å². The van der Waals surface area contributed by atoms with Gasteiger partial charge in [-0.3, -0.25) is 14.7 Å². The maximum Gasteiger partial charge on any atom is 0.257 e. The Morgan fingerprint density at radius 1 is 1.22 bits per heavy atom. The average Bonchev–Trinajstić information content (AvgIpc) is 2.78. The summed E-state index contributed by atoms with van der Waals surface area (Å²) >= 11 is 0. The second kappa shape index (κ2) is 9.60. The SMILES string of the molecule is COc1cc([C@H]2N=C(N3CCOCC3)Nc3nc(C)cc(=O)n32)ccc1OCCC(C)C. The lowest BCUT2D eigenvalue weighted by Gasteiger charge is -2.34. The molecular weight excluding hydrogens is 410 g/mol. The molecule has 1 N–H and O–H groups in total. The summed E-state index contributed by atoms with van der Waals surface area (Å²) in [6.07, 6.45) is 0.392. The highest BCUT2D eigenvalue weighted by Gasteiger charge is 2.28. The van der Waals surface area contributed by atoms with Crippen molar-refractivity contribution in [3.63, 3.8) is 0 Å². The van der Waals surface area contributed by atoms with Gasteiger partial charge in [0.2, 0.25) is 11.9 Å². The molecule has 0 spiro atoms. The summed E-state index contributed by atoms with van der Waals surface area (Å²) in [5.41, 5.74) is 1.31. The molecule has 1 aromatic carbocycles. The number of anilines is 1. The van der Waals surface area contributed by atoms with Gasteiger partial charge in [-0.1, -0.05) is 19.9 Å². The number of morpholine rings is 1. The van der Waals surface area contributed by atoms with Gasteiger partial charge < -0.3 is 19.1 Å². The Labute approximate surface area is 188 Å². The number of benzene rings is 1. The Balaban J connectivity index is 1.71. The minimum atomic E-state index is -0.566. The van der Waals surface area contributed by atoms with Crippen LogP contribution >= 0.6 is 0 Å². The van der Waals surface area contributed by atoms with Crippen molar-refractivity contribution in [3.05, 3.63) is 45.9 Å². The molecule has 2 aliphatic heterocycles. The van der Waals surface area contributed by atoms with Gasteiger partial charge in [0.15, 0.2) is 17.7 Å². The number of nitrogens with one attached hydrogen (secondary N) is 1.